The van der Waals surface area contributed by atoms with Crippen molar-refractivity contribution >= 4 is 0 Å². The van der Waals surface area contributed by atoms with Crippen LogP contribution in [0.25, 0.3) is 0 Å². The lowest BCUT2D eigenvalue weighted by molar-refractivity contribution is 0.338. The van der Waals surface area contributed by atoms with Gasteiger partial charge in [0.05, 0.1) is 13.6 Å². The monoisotopic (exact) mass is 224 g/mol. The highest BCUT2D eigenvalue weighted by atomic mass is 15.6. The molecule has 6 nitrogen and oxygen atoms in total. The Bertz CT molecular complexity index is 323. The maximum Gasteiger partial charge on any atom is 0.188 e. The van der Waals surface area contributed by atoms with Crippen molar-refractivity contribution in [2.45, 2.75) is 19.9 Å². The number of nitrogens with one attached hydrogen (secondary N) is 1. The van der Waals surface area contributed by atoms with Gasteiger partial charge in [-0.25, -0.2) is 0 Å². The Morgan fingerprint density at radius 3 is 3.00 bits per heavy atom. The van der Waals surface area contributed by atoms with Crippen molar-refractivity contribution in [1.29, 1.82) is 0 Å². The standard InChI is InChI=1S/C10H20N6/c1-3-16-5-4-9(8-16)6-11-7-10-12-14-15(2)13-10/h9,11H,3-8H2,1-2H3. The summed E-state index contributed by atoms with van der Waals surface area (Å²) >= 11 is 0. The Kier molecular flexibility index (Phi) is 3.84. The van der Waals surface area contributed by atoms with E-state index in [4.69, 9.17) is 0 Å². The molecule has 1 aliphatic heterocycles. The van der Waals surface area contributed by atoms with E-state index in [2.05, 4.69) is 32.6 Å². The van der Waals surface area contributed by atoms with Gasteiger partial charge in [-0.2, -0.15) is 4.80 Å². The van der Waals surface area contributed by atoms with Crippen LogP contribution in [0.3, 0.4) is 0 Å². The number of tetrazole rings is 1. The molecule has 2 rings (SSSR count). The second kappa shape index (κ2) is 5.36. The maximum absolute atomic E-state index is 4.13. The quantitative estimate of drug-likeness (QED) is 0.740. The smallest absolute Gasteiger partial charge is 0.188 e. The van der Waals surface area contributed by atoms with Crippen molar-refractivity contribution in [2.75, 3.05) is 26.2 Å². The van der Waals surface area contributed by atoms with E-state index in [1.54, 1.807) is 7.05 Å². The van der Waals surface area contributed by atoms with Gasteiger partial charge in [-0.1, -0.05) is 6.92 Å². The fraction of sp³-hybridized carbons (Fsp3) is 0.900. The Morgan fingerprint density at radius 2 is 2.38 bits per heavy atom. The third kappa shape index (κ3) is 2.99. The molecule has 1 aliphatic rings. The van der Waals surface area contributed by atoms with Crippen LogP contribution in [-0.4, -0.2) is 51.3 Å². The summed E-state index contributed by atoms with van der Waals surface area (Å²) in [5.41, 5.74) is 0. The number of nitrogens with zero attached hydrogens (tertiary/aromatic N) is 5. The lowest BCUT2D eigenvalue weighted by Gasteiger charge is -2.13. The third-order valence-corrected chi connectivity index (χ3v) is 3.08. The molecule has 0 aliphatic carbocycles. The van der Waals surface area contributed by atoms with Gasteiger partial charge >= 0.3 is 0 Å². The molecule has 0 spiro atoms. The zero-order valence-electron chi connectivity index (χ0n) is 10.1. The molecular weight excluding hydrogens is 204 g/mol. The molecule has 1 fully saturated rings. The van der Waals surface area contributed by atoms with Gasteiger partial charge in [0.1, 0.15) is 0 Å². The van der Waals surface area contributed by atoms with Crippen LogP contribution in [0.15, 0.2) is 0 Å². The first-order valence-corrected chi connectivity index (χ1v) is 5.94. The summed E-state index contributed by atoms with van der Waals surface area (Å²) in [6.45, 7) is 7.62. The van der Waals surface area contributed by atoms with Crippen molar-refractivity contribution < 1.29 is 0 Å². The number of hydrogen-bond donors (Lipinski definition) is 1. The molecule has 1 N–H and O–H groups in total. The number of aromatic nitrogens is 4. The third-order valence-electron chi connectivity index (χ3n) is 3.08. The van der Waals surface area contributed by atoms with E-state index in [0.717, 1.165) is 24.8 Å². The molecule has 16 heavy (non-hydrogen) atoms. The molecule has 0 radical (unpaired) electrons. The Hall–Kier alpha value is -1.01. The second-order valence-electron chi connectivity index (χ2n) is 4.37. The number of hydrogen-bond acceptors (Lipinski definition) is 5. The van der Waals surface area contributed by atoms with Gasteiger partial charge in [0, 0.05) is 6.54 Å². The molecular formula is C10H20N6. The van der Waals surface area contributed by atoms with Crippen molar-refractivity contribution in [3.8, 4) is 0 Å². The highest BCUT2D eigenvalue weighted by Crippen LogP contribution is 2.14. The number of likely N-dealkylation sites (tertiary alicyclic amines) is 1. The van der Waals surface area contributed by atoms with Crippen molar-refractivity contribution in [2.24, 2.45) is 13.0 Å². The largest absolute Gasteiger partial charge is 0.309 e. The van der Waals surface area contributed by atoms with Crippen LogP contribution in [0.5, 0.6) is 0 Å². The van der Waals surface area contributed by atoms with E-state index in [1.807, 2.05) is 0 Å². The van der Waals surface area contributed by atoms with E-state index in [9.17, 15) is 0 Å². The van der Waals surface area contributed by atoms with Gasteiger partial charge in [-0.3, -0.25) is 0 Å². The first-order valence-electron chi connectivity index (χ1n) is 5.94. The lowest BCUT2D eigenvalue weighted by Crippen LogP contribution is -2.26. The van der Waals surface area contributed by atoms with E-state index in [1.165, 1.54) is 30.9 Å². The minimum atomic E-state index is 0.719. The van der Waals surface area contributed by atoms with Crippen molar-refractivity contribution in [3.05, 3.63) is 5.82 Å². The van der Waals surface area contributed by atoms with Crippen LogP contribution in [0.4, 0.5) is 0 Å². The first kappa shape index (κ1) is 11.5. The average Bonchev–Trinajstić information content (AvgIpc) is 2.88. The van der Waals surface area contributed by atoms with E-state index in [0.29, 0.717) is 0 Å². The molecule has 2 heterocycles. The van der Waals surface area contributed by atoms with Gasteiger partial charge in [0.2, 0.25) is 0 Å². The SMILES string of the molecule is CCN1CCC(CNCc2nnn(C)n2)C1. The number of rotatable bonds is 5. The van der Waals surface area contributed by atoms with Gasteiger partial charge < -0.3 is 10.2 Å². The van der Waals surface area contributed by atoms with Crippen LogP contribution in [0.2, 0.25) is 0 Å². The predicted octanol–water partition coefficient (Wildman–Crippen LogP) is -0.358. The van der Waals surface area contributed by atoms with Crippen LogP contribution in [0, 0.1) is 5.92 Å². The lowest BCUT2D eigenvalue weighted by atomic mass is 10.1. The normalized spacial score (nSPS) is 21.8. The summed E-state index contributed by atoms with van der Waals surface area (Å²) < 4.78 is 0. The molecule has 1 atom stereocenters. The highest BCUT2D eigenvalue weighted by molar-refractivity contribution is 4.79. The topological polar surface area (TPSA) is 58.9 Å². The molecule has 1 aromatic rings. The van der Waals surface area contributed by atoms with Gasteiger partial charge in [-0.15, -0.1) is 10.2 Å². The second-order valence-corrected chi connectivity index (χ2v) is 4.37. The Balaban J connectivity index is 1.65. The minimum absolute atomic E-state index is 0.719. The molecule has 90 valence electrons. The first-order chi connectivity index (χ1) is 7.78. The van der Waals surface area contributed by atoms with Crippen LogP contribution < -0.4 is 5.32 Å². The summed E-state index contributed by atoms with van der Waals surface area (Å²) in [6.07, 6.45) is 1.30. The Morgan fingerprint density at radius 1 is 1.50 bits per heavy atom. The molecule has 0 saturated carbocycles. The summed E-state index contributed by atoms with van der Waals surface area (Å²) in [7, 11) is 1.78. The van der Waals surface area contributed by atoms with Gasteiger partial charge in [-0.05, 0) is 37.2 Å². The molecule has 1 saturated heterocycles. The average molecular weight is 224 g/mol. The fourth-order valence-electron chi connectivity index (χ4n) is 2.15. The molecule has 1 unspecified atom stereocenters. The zero-order valence-corrected chi connectivity index (χ0v) is 10.1. The van der Waals surface area contributed by atoms with Crippen molar-refractivity contribution in [1.82, 2.24) is 30.4 Å². The minimum Gasteiger partial charge on any atom is -0.309 e. The van der Waals surface area contributed by atoms with Crippen LogP contribution >= 0.6 is 0 Å². The van der Waals surface area contributed by atoms with E-state index >= 15 is 0 Å². The van der Waals surface area contributed by atoms with E-state index in [-0.39, 0.29) is 0 Å². The number of aryl methyl sites for hydroxylation is 1. The molecule has 0 aromatic carbocycles. The maximum atomic E-state index is 4.13. The molecule has 6 heteroatoms. The zero-order chi connectivity index (χ0) is 11.4. The van der Waals surface area contributed by atoms with E-state index < -0.39 is 0 Å². The summed E-state index contributed by atoms with van der Waals surface area (Å²) in [6, 6.07) is 0. The summed E-state index contributed by atoms with van der Waals surface area (Å²) in [4.78, 5) is 3.98. The molecule has 0 bridgehead atoms. The van der Waals surface area contributed by atoms with Crippen LogP contribution in [0.1, 0.15) is 19.2 Å². The highest BCUT2D eigenvalue weighted by Gasteiger charge is 2.20. The molecule has 0 amide bonds. The van der Waals surface area contributed by atoms with Gasteiger partial charge in [0.15, 0.2) is 5.82 Å². The molecule has 1 aromatic heterocycles. The summed E-state index contributed by atoms with van der Waals surface area (Å²) in [5.74, 6) is 1.55. The van der Waals surface area contributed by atoms with Crippen molar-refractivity contribution in [3.63, 3.8) is 0 Å². The van der Waals surface area contributed by atoms with Gasteiger partial charge in [0.25, 0.3) is 0 Å². The fourth-order valence-corrected chi connectivity index (χ4v) is 2.15. The van der Waals surface area contributed by atoms with Crippen LogP contribution in [-0.2, 0) is 13.6 Å². The predicted molar refractivity (Wildman–Crippen MR) is 60.7 cm³/mol. The summed E-state index contributed by atoms with van der Waals surface area (Å²) in [5, 5.41) is 15.3. The Labute approximate surface area is 96.0 Å².